The monoisotopic (exact) mass is 358 g/mol. The van der Waals surface area contributed by atoms with Crippen LogP contribution in [0.1, 0.15) is 23.4 Å². The molecular weight excluding hydrogens is 340 g/mol. The number of hydrogen-bond acceptors (Lipinski definition) is 5. The van der Waals surface area contributed by atoms with Gasteiger partial charge in [-0.3, -0.25) is 4.98 Å². The van der Waals surface area contributed by atoms with Crippen LogP contribution in [0.4, 0.5) is 0 Å². The third-order valence-electron chi connectivity index (χ3n) is 3.81. The first-order valence-corrected chi connectivity index (χ1v) is 10.4. The molecule has 0 saturated heterocycles. The summed E-state index contributed by atoms with van der Waals surface area (Å²) < 4.78 is 23.1. The molecule has 2 heterocycles. The maximum absolute atomic E-state index is 11.5. The van der Waals surface area contributed by atoms with E-state index in [4.69, 9.17) is 0 Å². The molecule has 2 aromatic heterocycles. The zero-order chi connectivity index (χ0) is 17.2. The van der Waals surface area contributed by atoms with E-state index in [1.54, 1.807) is 48.0 Å². The average molecular weight is 358 g/mol. The van der Waals surface area contributed by atoms with Crippen LogP contribution in [0.15, 0.2) is 59.1 Å². The Morgan fingerprint density at radius 3 is 2.50 bits per heavy atom. The number of aromatic nitrogens is 2. The summed E-state index contributed by atoms with van der Waals surface area (Å²) >= 11 is 1.75. The summed E-state index contributed by atoms with van der Waals surface area (Å²) in [6, 6.07) is 10.9. The average Bonchev–Trinajstić information content (AvgIpc) is 3.09. The van der Waals surface area contributed by atoms with Gasteiger partial charge in [0.25, 0.3) is 0 Å². The van der Waals surface area contributed by atoms with Gasteiger partial charge < -0.3 is 0 Å². The summed E-state index contributed by atoms with van der Waals surface area (Å²) in [6.45, 7) is 2.18. The molecule has 3 rings (SSSR count). The van der Waals surface area contributed by atoms with E-state index in [0.29, 0.717) is 10.8 Å². The Balaban J connectivity index is 1.82. The van der Waals surface area contributed by atoms with Crippen molar-refractivity contribution in [2.45, 2.75) is 24.2 Å². The zero-order valence-electron chi connectivity index (χ0n) is 13.5. The molecule has 0 aliphatic carbocycles. The second kappa shape index (κ2) is 6.83. The predicted octanol–water partition coefficient (Wildman–Crippen LogP) is 3.95. The quantitative estimate of drug-likeness (QED) is 0.693. The molecule has 6 heteroatoms. The van der Waals surface area contributed by atoms with Gasteiger partial charge in [0.2, 0.25) is 0 Å². The lowest BCUT2D eigenvalue weighted by Crippen LogP contribution is -2.01. The topological polar surface area (TPSA) is 59.9 Å². The molecule has 0 fully saturated rings. The van der Waals surface area contributed by atoms with Gasteiger partial charge in [0, 0.05) is 22.9 Å². The van der Waals surface area contributed by atoms with Crippen LogP contribution in [-0.2, 0) is 16.3 Å². The third kappa shape index (κ3) is 3.88. The maximum Gasteiger partial charge on any atom is 0.175 e. The molecule has 1 atom stereocenters. The molecule has 0 aliphatic heterocycles. The molecule has 0 radical (unpaired) electrons. The van der Waals surface area contributed by atoms with Crippen molar-refractivity contribution in [1.29, 1.82) is 0 Å². The number of benzene rings is 1. The standard InChI is InChI=1S/C18H18N2O2S2/c1-13(18-4-3-9-23-18)10-15-11-19-12-17(20-15)14-5-7-16(8-6-14)24(2,21)22/h3-9,11-13H,10H2,1-2H3/t13-/m0/s1. The number of nitrogens with zero attached hydrogens (tertiary/aromatic N) is 2. The molecule has 24 heavy (non-hydrogen) atoms. The molecule has 0 N–H and O–H groups in total. The van der Waals surface area contributed by atoms with Crippen molar-refractivity contribution in [2.24, 2.45) is 0 Å². The Labute approximate surface area is 146 Å². The highest BCUT2D eigenvalue weighted by molar-refractivity contribution is 7.90. The van der Waals surface area contributed by atoms with Gasteiger partial charge in [0.15, 0.2) is 9.84 Å². The minimum absolute atomic E-state index is 0.307. The van der Waals surface area contributed by atoms with Crippen molar-refractivity contribution >= 4 is 21.2 Å². The second-order valence-electron chi connectivity index (χ2n) is 5.81. The molecule has 0 saturated carbocycles. The van der Waals surface area contributed by atoms with Crippen LogP contribution in [0.2, 0.25) is 0 Å². The van der Waals surface area contributed by atoms with Crippen LogP contribution in [-0.4, -0.2) is 24.6 Å². The summed E-state index contributed by atoms with van der Waals surface area (Å²) in [6.07, 6.45) is 5.52. The Hall–Kier alpha value is -2.05. The first-order chi connectivity index (χ1) is 11.4. The minimum Gasteiger partial charge on any atom is -0.261 e. The fraction of sp³-hybridized carbons (Fsp3) is 0.222. The van der Waals surface area contributed by atoms with Crippen molar-refractivity contribution in [3.05, 3.63) is 64.7 Å². The highest BCUT2D eigenvalue weighted by Crippen LogP contribution is 2.25. The zero-order valence-corrected chi connectivity index (χ0v) is 15.1. The lowest BCUT2D eigenvalue weighted by Gasteiger charge is -2.10. The summed E-state index contributed by atoms with van der Waals surface area (Å²) in [5, 5.41) is 2.08. The van der Waals surface area contributed by atoms with Gasteiger partial charge in [0.05, 0.1) is 22.5 Å². The molecule has 0 aliphatic rings. The molecule has 124 valence electrons. The fourth-order valence-electron chi connectivity index (χ4n) is 2.50. The Morgan fingerprint density at radius 2 is 1.88 bits per heavy atom. The molecule has 4 nitrogen and oxygen atoms in total. The van der Waals surface area contributed by atoms with Crippen LogP contribution in [0.5, 0.6) is 0 Å². The third-order valence-corrected chi connectivity index (χ3v) is 6.04. The van der Waals surface area contributed by atoms with Crippen molar-refractivity contribution in [3.63, 3.8) is 0 Å². The summed E-state index contributed by atoms with van der Waals surface area (Å²) in [7, 11) is -3.19. The van der Waals surface area contributed by atoms with Crippen LogP contribution < -0.4 is 0 Å². The summed E-state index contributed by atoms with van der Waals surface area (Å²) in [4.78, 5) is 10.6. The van der Waals surface area contributed by atoms with Gasteiger partial charge in [-0.05, 0) is 35.9 Å². The van der Waals surface area contributed by atoms with E-state index in [-0.39, 0.29) is 0 Å². The Morgan fingerprint density at radius 1 is 1.12 bits per heavy atom. The number of rotatable bonds is 5. The fourth-order valence-corrected chi connectivity index (χ4v) is 3.92. The van der Waals surface area contributed by atoms with Crippen LogP contribution >= 0.6 is 11.3 Å². The van der Waals surface area contributed by atoms with Crippen LogP contribution in [0.25, 0.3) is 11.3 Å². The Bertz CT molecular complexity index is 918. The summed E-state index contributed by atoms with van der Waals surface area (Å²) in [5.41, 5.74) is 2.55. The molecule has 0 spiro atoms. The first kappa shape index (κ1) is 16.8. The van der Waals surface area contributed by atoms with Crippen molar-refractivity contribution < 1.29 is 8.42 Å². The largest absolute Gasteiger partial charge is 0.261 e. The lowest BCUT2D eigenvalue weighted by atomic mass is 10.0. The van der Waals surface area contributed by atoms with E-state index < -0.39 is 9.84 Å². The van der Waals surface area contributed by atoms with E-state index >= 15 is 0 Å². The highest BCUT2D eigenvalue weighted by Gasteiger charge is 2.11. The second-order valence-corrected chi connectivity index (χ2v) is 8.81. The minimum atomic E-state index is -3.19. The molecule has 0 bridgehead atoms. The van der Waals surface area contributed by atoms with Gasteiger partial charge in [-0.25, -0.2) is 13.4 Å². The van der Waals surface area contributed by atoms with Crippen LogP contribution in [0, 0.1) is 0 Å². The van der Waals surface area contributed by atoms with Gasteiger partial charge in [-0.1, -0.05) is 25.1 Å². The Kier molecular flexibility index (Phi) is 4.78. The maximum atomic E-state index is 11.5. The van der Waals surface area contributed by atoms with Crippen LogP contribution in [0.3, 0.4) is 0 Å². The molecule has 1 aromatic carbocycles. The smallest absolute Gasteiger partial charge is 0.175 e. The van der Waals surface area contributed by atoms with E-state index in [1.165, 1.54) is 11.1 Å². The molecule has 3 aromatic rings. The number of sulfone groups is 1. The van der Waals surface area contributed by atoms with E-state index in [9.17, 15) is 8.42 Å². The number of thiophene rings is 1. The molecular formula is C18H18N2O2S2. The van der Waals surface area contributed by atoms with Crippen molar-refractivity contribution in [1.82, 2.24) is 9.97 Å². The van der Waals surface area contributed by atoms with E-state index in [1.807, 2.05) is 0 Å². The number of hydrogen-bond donors (Lipinski definition) is 0. The van der Waals surface area contributed by atoms with Gasteiger partial charge in [-0.2, -0.15) is 0 Å². The first-order valence-electron chi connectivity index (χ1n) is 7.58. The van der Waals surface area contributed by atoms with Crippen molar-refractivity contribution in [2.75, 3.05) is 6.26 Å². The van der Waals surface area contributed by atoms with Gasteiger partial charge in [0.1, 0.15) is 0 Å². The molecule has 0 unspecified atom stereocenters. The summed E-state index contributed by atoms with van der Waals surface area (Å²) in [5.74, 6) is 0.391. The SMILES string of the molecule is C[C@@H](Cc1cncc(-c2ccc(S(C)(=O)=O)cc2)n1)c1cccs1. The van der Waals surface area contributed by atoms with Gasteiger partial charge >= 0.3 is 0 Å². The van der Waals surface area contributed by atoms with E-state index in [0.717, 1.165) is 23.4 Å². The van der Waals surface area contributed by atoms with Crippen molar-refractivity contribution in [3.8, 4) is 11.3 Å². The molecule has 0 amide bonds. The lowest BCUT2D eigenvalue weighted by molar-refractivity contribution is 0.602. The van der Waals surface area contributed by atoms with E-state index in [2.05, 4.69) is 34.4 Å². The highest BCUT2D eigenvalue weighted by atomic mass is 32.2. The normalized spacial score (nSPS) is 12.9. The van der Waals surface area contributed by atoms with Gasteiger partial charge in [-0.15, -0.1) is 11.3 Å². The predicted molar refractivity (Wildman–Crippen MR) is 97.0 cm³/mol.